The minimum atomic E-state index is 0.699. The standard InChI is InChI=1S/C16H20N2O/c1-3-19-16-9-5-7-14(10-16)11-17-12-15-8-4-6-13(2)18-15/h4-10,17H,3,11-12H2,1-2H3. The minimum Gasteiger partial charge on any atom is -0.494 e. The van der Waals surface area contributed by atoms with Crippen LogP contribution in [0.3, 0.4) is 0 Å². The van der Waals surface area contributed by atoms with Gasteiger partial charge in [0.25, 0.3) is 0 Å². The fourth-order valence-electron chi connectivity index (χ4n) is 1.94. The number of aryl methyl sites for hydroxylation is 1. The minimum absolute atomic E-state index is 0.699. The van der Waals surface area contributed by atoms with Gasteiger partial charge in [-0.3, -0.25) is 4.98 Å². The highest BCUT2D eigenvalue weighted by molar-refractivity contribution is 5.28. The third kappa shape index (κ3) is 4.38. The Labute approximate surface area is 114 Å². The lowest BCUT2D eigenvalue weighted by atomic mass is 10.2. The first kappa shape index (κ1) is 13.6. The number of nitrogens with zero attached hydrogens (tertiary/aromatic N) is 1. The summed E-state index contributed by atoms with van der Waals surface area (Å²) in [5, 5.41) is 3.40. The number of aromatic nitrogens is 1. The van der Waals surface area contributed by atoms with Crippen molar-refractivity contribution in [1.82, 2.24) is 10.3 Å². The van der Waals surface area contributed by atoms with E-state index in [4.69, 9.17) is 4.74 Å². The summed E-state index contributed by atoms with van der Waals surface area (Å²) >= 11 is 0. The molecule has 0 fully saturated rings. The highest BCUT2D eigenvalue weighted by Crippen LogP contribution is 2.13. The summed E-state index contributed by atoms with van der Waals surface area (Å²) in [6.07, 6.45) is 0. The lowest BCUT2D eigenvalue weighted by Crippen LogP contribution is -2.13. The molecule has 2 aromatic rings. The van der Waals surface area contributed by atoms with Gasteiger partial charge in [0.2, 0.25) is 0 Å². The molecule has 2 rings (SSSR count). The van der Waals surface area contributed by atoms with E-state index in [0.717, 1.165) is 30.2 Å². The van der Waals surface area contributed by atoms with Crippen LogP contribution in [0.25, 0.3) is 0 Å². The van der Waals surface area contributed by atoms with E-state index in [1.165, 1.54) is 5.56 Å². The van der Waals surface area contributed by atoms with Gasteiger partial charge in [0.05, 0.1) is 12.3 Å². The summed E-state index contributed by atoms with van der Waals surface area (Å²) in [7, 11) is 0. The Balaban J connectivity index is 1.87. The molecule has 0 aliphatic carbocycles. The second kappa shape index (κ2) is 6.90. The number of nitrogens with one attached hydrogen (secondary N) is 1. The number of benzene rings is 1. The molecule has 1 aromatic carbocycles. The van der Waals surface area contributed by atoms with Gasteiger partial charge in [-0.1, -0.05) is 18.2 Å². The molecule has 0 aliphatic rings. The van der Waals surface area contributed by atoms with Crippen molar-refractivity contribution in [1.29, 1.82) is 0 Å². The van der Waals surface area contributed by atoms with E-state index >= 15 is 0 Å². The third-order valence-electron chi connectivity index (χ3n) is 2.79. The normalized spacial score (nSPS) is 10.4. The van der Waals surface area contributed by atoms with Gasteiger partial charge in [0.1, 0.15) is 5.75 Å². The Morgan fingerprint density at radius 2 is 1.95 bits per heavy atom. The zero-order valence-corrected chi connectivity index (χ0v) is 11.5. The molecule has 0 saturated carbocycles. The molecule has 0 bridgehead atoms. The molecule has 0 amide bonds. The van der Waals surface area contributed by atoms with Crippen molar-refractivity contribution in [2.24, 2.45) is 0 Å². The number of pyridine rings is 1. The van der Waals surface area contributed by atoms with Crippen LogP contribution in [0.1, 0.15) is 23.9 Å². The molecule has 0 spiro atoms. The Bertz CT molecular complexity index is 526. The average Bonchev–Trinajstić information content (AvgIpc) is 2.40. The van der Waals surface area contributed by atoms with E-state index in [2.05, 4.69) is 22.4 Å². The smallest absolute Gasteiger partial charge is 0.119 e. The van der Waals surface area contributed by atoms with Gasteiger partial charge in [0.15, 0.2) is 0 Å². The van der Waals surface area contributed by atoms with Crippen LogP contribution < -0.4 is 10.1 Å². The number of ether oxygens (including phenoxy) is 1. The highest BCUT2D eigenvalue weighted by atomic mass is 16.5. The first-order valence-corrected chi connectivity index (χ1v) is 6.63. The van der Waals surface area contributed by atoms with Crippen LogP contribution in [0, 0.1) is 6.92 Å². The van der Waals surface area contributed by atoms with Crippen molar-refractivity contribution in [3.8, 4) is 5.75 Å². The highest BCUT2D eigenvalue weighted by Gasteiger charge is 1.98. The zero-order chi connectivity index (χ0) is 13.5. The number of rotatable bonds is 6. The van der Waals surface area contributed by atoms with Crippen molar-refractivity contribution >= 4 is 0 Å². The Morgan fingerprint density at radius 3 is 2.74 bits per heavy atom. The molecule has 100 valence electrons. The molecule has 0 unspecified atom stereocenters. The molecule has 1 heterocycles. The molecule has 0 radical (unpaired) electrons. The van der Waals surface area contributed by atoms with E-state index in [9.17, 15) is 0 Å². The first-order chi connectivity index (χ1) is 9.28. The maximum atomic E-state index is 5.49. The summed E-state index contributed by atoms with van der Waals surface area (Å²) in [5.41, 5.74) is 3.34. The van der Waals surface area contributed by atoms with Crippen molar-refractivity contribution < 1.29 is 4.74 Å². The van der Waals surface area contributed by atoms with Gasteiger partial charge in [0, 0.05) is 18.8 Å². The van der Waals surface area contributed by atoms with Crippen LogP contribution >= 0.6 is 0 Å². The van der Waals surface area contributed by atoms with Gasteiger partial charge >= 0.3 is 0 Å². The van der Waals surface area contributed by atoms with E-state index in [-0.39, 0.29) is 0 Å². The molecule has 1 N–H and O–H groups in total. The van der Waals surface area contributed by atoms with Crippen LogP contribution in [0.2, 0.25) is 0 Å². The zero-order valence-electron chi connectivity index (χ0n) is 11.5. The molecular formula is C16H20N2O. The maximum Gasteiger partial charge on any atom is 0.119 e. The molecule has 0 aliphatic heterocycles. The Kier molecular flexibility index (Phi) is 4.93. The van der Waals surface area contributed by atoms with Crippen LogP contribution in [0.15, 0.2) is 42.5 Å². The van der Waals surface area contributed by atoms with Gasteiger partial charge in [-0.2, -0.15) is 0 Å². The SMILES string of the molecule is CCOc1cccc(CNCc2cccc(C)n2)c1. The molecule has 19 heavy (non-hydrogen) atoms. The summed E-state index contributed by atoms with van der Waals surface area (Å²) in [4.78, 5) is 4.46. The monoisotopic (exact) mass is 256 g/mol. The topological polar surface area (TPSA) is 34.1 Å². The third-order valence-corrected chi connectivity index (χ3v) is 2.79. The van der Waals surface area contributed by atoms with Gasteiger partial charge < -0.3 is 10.1 Å². The summed E-state index contributed by atoms with van der Waals surface area (Å²) in [6, 6.07) is 14.3. The molecule has 0 saturated heterocycles. The van der Waals surface area contributed by atoms with Crippen molar-refractivity contribution in [2.45, 2.75) is 26.9 Å². The fourth-order valence-corrected chi connectivity index (χ4v) is 1.94. The predicted octanol–water partition coefficient (Wildman–Crippen LogP) is 3.08. The Hall–Kier alpha value is -1.87. The van der Waals surface area contributed by atoms with Crippen molar-refractivity contribution in [3.05, 3.63) is 59.4 Å². The average molecular weight is 256 g/mol. The Morgan fingerprint density at radius 1 is 1.11 bits per heavy atom. The largest absolute Gasteiger partial charge is 0.494 e. The lowest BCUT2D eigenvalue weighted by Gasteiger charge is -2.07. The van der Waals surface area contributed by atoms with Crippen LogP contribution in [-0.4, -0.2) is 11.6 Å². The van der Waals surface area contributed by atoms with E-state index in [0.29, 0.717) is 6.61 Å². The van der Waals surface area contributed by atoms with Gasteiger partial charge in [-0.05, 0) is 43.7 Å². The van der Waals surface area contributed by atoms with E-state index in [1.54, 1.807) is 0 Å². The van der Waals surface area contributed by atoms with Crippen LogP contribution in [-0.2, 0) is 13.1 Å². The van der Waals surface area contributed by atoms with Crippen molar-refractivity contribution in [2.75, 3.05) is 6.61 Å². The maximum absolute atomic E-state index is 5.49. The van der Waals surface area contributed by atoms with Crippen LogP contribution in [0.4, 0.5) is 0 Å². The number of hydrogen-bond donors (Lipinski definition) is 1. The quantitative estimate of drug-likeness (QED) is 0.862. The lowest BCUT2D eigenvalue weighted by molar-refractivity contribution is 0.340. The summed E-state index contributed by atoms with van der Waals surface area (Å²) in [6.45, 7) is 6.30. The van der Waals surface area contributed by atoms with Crippen molar-refractivity contribution in [3.63, 3.8) is 0 Å². The summed E-state index contributed by atoms with van der Waals surface area (Å²) < 4.78 is 5.49. The number of hydrogen-bond acceptors (Lipinski definition) is 3. The second-order valence-corrected chi connectivity index (χ2v) is 4.45. The predicted molar refractivity (Wildman–Crippen MR) is 77.1 cm³/mol. The van der Waals surface area contributed by atoms with Gasteiger partial charge in [-0.15, -0.1) is 0 Å². The molecule has 3 heteroatoms. The molecule has 1 aromatic heterocycles. The van der Waals surface area contributed by atoms with E-state index in [1.807, 2.05) is 44.2 Å². The summed E-state index contributed by atoms with van der Waals surface area (Å²) in [5.74, 6) is 0.926. The fraction of sp³-hybridized carbons (Fsp3) is 0.312. The molecule has 0 atom stereocenters. The second-order valence-electron chi connectivity index (χ2n) is 4.45. The molecular weight excluding hydrogens is 236 g/mol. The van der Waals surface area contributed by atoms with Crippen LogP contribution in [0.5, 0.6) is 5.75 Å². The first-order valence-electron chi connectivity index (χ1n) is 6.63. The molecule has 3 nitrogen and oxygen atoms in total. The van der Waals surface area contributed by atoms with E-state index < -0.39 is 0 Å². The van der Waals surface area contributed by atoms with Gasteiger partial charge in [-0.25, -0.2) is 0 Å².